The van der Waals surface area contributed by atoms with E-state index in [0.717, 1.165) is 23.8 Å². The van der Waals surface area contributed by atoms with Crippen LogP contribution in [0, 0.1) is 11.6 Å². The van der Waals surface area contributed by atoms with Gasteiger partial charge in [-0.3, -0.25) is 0 Å². The molecule has 0 bridgehead atoms. The summed E-state index contributed by atoms with van der Waals surface area (Å²) in [6, 6.07) is 9.11. The van der Waals surface area contributed by atoms with E-state index in [2.05, 4.69) is 10.6 Å². The maximum atomic E-state index is 13.0. The summed E-state index contributed by atoms with van der Waals surface area (Å²) in [5, 5.41) is 13.9. The Bertz CT molecular complexity index is 627. The minimum atomic E-state index is -0.772. The topological polar surface area (TPSA) is 61.4 Å². The number of rotatable bonds is 4. The van der Waals surface area contributed by atoms with Gasteiger partial charge in [-0.1, -0.05) is 18.2 Å². The van der Waals surface area contributed by atoms with E-state index < -0.39 is 17.7 Å². The highest BCUT2D eigenvalue weighted by Crippen LogP contribution is 2.17. The van der Waals surface area contributed by atoms with E-state index in [1.165, 1.54) is 0 Å². The molecule has 0 heterocycles. The molecular weight excluding hydrogens is 278 g/mol. The van der Waals surface area contributed by atoms with Crippen molar-refractivity contribution in [2.45, 2.75) is 6.42 Å². The summed E-state index contributed by atoms with van der Waals surface area (Å²) in [6.45, 7) is -0.0462. The van der Waals surface area contributed by atoms with Gasteiger partial charge in [0.15, 0.2) is 0 Å². The number of para-hydroxylation sites is 1. The number of hydrogen-bond acceptors (Lipinski definition) is 2. The largest absolute Gasteiger partial charge is 0.396 e. The predicted molar refractivity (Wildman–Crippen MR) is 76.2 cm³/mol. The van der Waals surface area contributed by atoms with Gasteiger partial charge in [0, 0.05) is 24.0 Å². The molecule has 6 heteroatoms. The number of halogens is 2. The van der Waals surface area contributed by atoms with Crippen LogP contribution >= 0.6 is 0 Å². The fourth-order valence-corrected chi connectivity index (χ4v) is 1.89. The Labute approximate surface area is 120 Å². The first kappa shape index (κ1) is 14.9. The van der Waals surface area contributed by atoms with Crippen molar-refractivity contribution in [3.63, 3.8) is 0 Å². The molecule has 2 aromatic rings. The second kappa shape index (κ2) is 6.81. The van der Waals surface area contributed by atoms with Gasteiger partial charge in [0.25, 0.3) is 0 Å². The summed E-state index contributed by atoms with van der Waals surface area (Å²) in [7, 11) is 0. The smallest absolute Gasteiger partial charge is 0.323 e. The zero-order valence-corrected chi connectivity index (χ0v) is 11.1. The number of aliphatic hydroxyl groups excluding tert-OH is 1. The molecule has 2 amide bonds. The van der Waals surface area contributed by atoms with Crippen LogP contribution in [-0.2, 0) is 6.42 Å². The zero-order chi connectivity index (χ0) is 15.2. The average Bonchev–Trinajstić information content (AvgIpc) is 2.40. The summed E-state index contributed by atoms with van der Waals surface area (Å²) in [5.74, 6) is -1.54. The van der Waals surface area contributed by atoms with Crippen LogP contribution in [0.25, 0.3) is 0 Å². The minimum Gasteiger partial charge on any atom is -0.396 e. The Balaban J connectivity index is 2.08. The van der Waals surface area contributed by atoms with Crippen LogP contribution in [0.15, 0.2) is 42.5 Å². The molecule has 0 aliphatic carbocycles. The first-order chi connectivity index (χ1) is 10.1. The normalized spacial score (nSPS) is 10.2. The van der Waals surface area contributed by atoms with Crippen LogP contribution in [-0.4, -0.2) is 17.7 Å². The number of amides is 2. The van der Waals surface area contributed by atoms with Crippen molar-refractivity contribution in [1.29, 1.82) is 0 Å². The Morgan fingerprint density at radius 2 is 1.71 bits per heavy atom. The minimum absolute atomic E-state index is 0.0182. The molecule has 0 saturated heterocycles. The molecule has 0 spiro atoms. The Kier molecular flexibility index (Phi) is 4.84. The van der Waals surface area contributed by atoms with Crippen molar-refractivity contribution in [2.24, 2.45) is 0 Å². The van der Waals surface area contributed by atoms with Gasteiger partial charge in [-0.15, -0.1) is 0 Å². The summed E-state index contributed by atoms with van der Waals surface area (Å²) in [5.41, 5.74) is 1.31. The van der Waals surface area contributed by atoms with Gasteiger partial charge in [-0.05, 0) is 30.2 Å². The fraction of sp³-hybridized carbons (Fsp3) is 0.133. The number of carbonyl (C=O) groups excluding carboxylic acids is 1. The highest BCUT2D eigenvalue weighted by Gasteiger charge is 2.08. The number of urea groups is 1. The van der Waals surface area contributed by atoms with E-state index in [1.54, 1.807) is 24.3 Å². The summed E-state index contributed by atoms with van der Waals surface area (Å²) in [4.78, 5) is 11.8. The lowest BCUT2D eigenvalue weighted by molar-refractivity contribution is 0.262. The van der Waals surface area contributed by atoms with E-state index in [9.17, 15) is 13.6 Å². The molecule has 21 heavy (non-hydrogen) atoms. The van der Waals surface area contributed by atoms with E-state index in [0.29, 0.717) is 12.1 Å². The molecule has 0 atom stereocenters. The number of aliphatic hydroxyl groups is 1. The first-order valence-corrected chi connectivity index (χ1v) is 6.31. The summed E-state index contributed by atoms with van der Waals surface area (Å²) < 4.78 is 26.1. The number of carbonyl (C=O) groups is 1. The molecule has 0 saturated carbocycles. The molecular formula is C15H14F2N2O2. The second-order valence-corrected chi connectivity index (χ2v) is 4.37. The van der Waals surface area contributed by atoms with Gasteiger partial charge >= 0.3 is 6.03 Å². The highest BCUT2D eigenvalue weighted by molar-refractivity contribution is 6.00. The Morgan fingerprint density at radius 3 is 2.38 bits per heavy atom. The van der Waals surface area contributed by atoms with E-state index >= 15 is 0 Å². The molecule has 3 N–H and O–H groups in total. The van der Waals surface area contributed by atoms with Gasteiger partial charge in [-0.2, -0.15) is 0 Å². The van der Waals surface area contributed by atoms with Crippen LogP contribution < -0.4 is 10.6 Å². The molecule has 0 unspecified atom stereocenters. The van der Waals surface area contributed by atoms with Gasteiger partial charge in [-0.25, -0.2) is 13.6 Å². The molecule has 0 radical (unpaired) electrons. The zero-order valence-electron chi connectivity index (χ0n) is 11.1. The number of benzene rings is 2. The molecule has 2 aromatic carbocycles. The second-order valence-electron chi connectivity index (χ2n) is 4.37. The lowest BCUT2D eigenvalue weighted by Crippen LogP contribution is -2.20. The van der Waals surface area contributed by atoms with Crippen molar-refractivity contribution >= 4 is 17.4 Å². The maximum absolute atomic E-state index is 13.0. The third-order valence-electron chi connectivity index (χ3n) is 2.77. The lowest BCUT2D eigenvalue weighted by Gasteiger charge is -2.11. The number of nitrogens with one attached hydrogen (secondary N) is 2. The quantitative estimate of drug-likeness (QED) is 0.810. The van der Waals surface area contributed by atoms with E-state index in [-0.39, 0.29) is 12.3 Å². The van der Waals surface area contributed by atoms with Crippen LogP contribution in [0.5, 0.6) is 0 Å². The molecule has 4 nitrogen and oxygen atoms in total. The standard InChI is InChI=1S/C15H14F2N2O2/c16-11-7-12(17)9-13(8-11)18-15(21)19-14-4-2-1-3-10(14)5-6-20/h1-4,7-9,20H,5-6H2,(H2,18,19,21). The Hall–Kier alpha value is -2.47. The lowest BCUT2D eigenvalue weighted by atomic mass is 10.1. The molecule has 0 aliphatic heterocycles. The van der Waals surface area contributed by atoms with Crippen molar-refractivity contribution < 1.29 is 18.7 Å². The SMILES string of the molecule is O=C(Nc1cc(F)cc(F)c1)Nc1ccccc1CCO. The molecule has 0 fully saturated rings. The third kappa shape index (κ3) is 4.25. The molecule has 110 valence electrons. The predicted octanol–water partition coefficient (Wildman–Crippen LogP) is 3.14. The summed E-state index contributed by atoms with van der Waals surface area (Å²) in [6.07, 6.45) is 0.394. The van der Waals surface area contributed by atoms with Gasteiger partial charge in [0.05, 0.1) is 0 Å². The van der Waals surface area contributed by atoms with Gasteiger partial charge in [0.2, 0.25) is 0 Å². The maximum Gasteiger partial charge on any atom is 0.323 e. The van der Waals surface area contributed by atoms with Crippen molar-refractivity contribution in [3.8, 4) is 0 Å². The van der Waals surface area contributed by atoms with Gasteiger partial charge < -0.3 is 15.7 Å². The average molecular weight is 292 g/mol. The first-order valence-electron chi connectivity index (χ1n) is 6.31. The fourth-order valence-electron chi connectivity index (χ4n) is 1.89. The highest BCUT2D eigenvalue weighted by atomic mass is 19.1. The summed E-state index contributed by atoms with van der Waals surface area (Å²) >= 11 is 0. The van der Waals surface area contributed by atoms with Crippen LogP contribution in [0.4, 0.5) is 25.0 Å². The molecule has 0 aromatic heterocycles. The monoisotopic (exact) mass is 292 g/mol. The van der Waals surface area contributed by atoms with Crippen molar-refractivity contribution in [2.75, 3.05) is 17.2 Å². The van der Waals surface area contributed by atoms with Crippen molar-refractivity contribution in [3.05, 3.63) is 59.7 Å². The number of hydrogen-bond donors (Lipinski definition) is 3. The van der Waals surface area contributed by atoms with E-state index in [4.69, 9.17) is 5.11 Å². The van der Waals surface area contributed by atoms with Crippen molar-refractivity contribution in [1.82, 2.24) is 0 Å². The van der Waals surface area contributed by atoms with E-state index in [1.807, 2.05) is 0 Å². The molecule has 0 aliphatic rings. The van der Waals surface area contributed by atoms with Gasteiger partial charge in [0.1, 0.15) is 11.6 Å². The third-order valence-corrected chi connectivity index (χ3v) is 2.77. The Morgan fingerprint density at radius 1 is 1.05 bits per heavy atom. The molecule has 2 rings (SSSR count). The van der Waals surface area contributed by atoms with Crippen LogP contribution in [0.1, 0.15) is 5.56 Å². The van der Waals surface area contributed by atoms with Crippen LogP contribution in [0.2, 0.25) is 0 Å². The van der Waals surface area contributed by atoms with Crippen LogP contribution in [0.3, 0.4) is 0 Å². The number of anilines is 2.